The lowest BCUT2D eigenvalue weighted by Gasteiger charge is -2.11. The highest BCUT2D eigenvalue weighted by Gasteiger charge is 1.99. The van der Waals surface area contributed by atoms with Crippen molar-refractivity contribution in [3.63, 3.8) is 0 Å². The van der Waals surface area contributed by atoms with Crippen molar-refractivity contribution in [1.29, 1.82) is 0 Å². The van der Waals surface area contributed by atoms with E-state index in [1.807, 2.05) is 55.5 Å². The number of hydrogen-bond acceptors (Lipinski definition) is 2. The summed E-state index contributed by atoms with van der Waals surface area (Å²) in [5, 5.41) is 7.31. The van der Waals surface area contributed by atoms with Crippen LogP contribution in [0.15, 0.2) is 53.5 Å². The molecule has 2 N–H and O–H groups in total. The molecular weight excluding hydrogens is 437 g/mol. The predicted octanol–water partition coefficient (Wildman–Crippen LogP) is 4.22. The Bertz CT molecular complexity index is 630. The van der Waals surface area contributed by atoms with Crippen molar-refractivity contribution in [3.8, 4) is 5.75 Å². The zero-order valence-electron chi connectivity index (χ0n) is 13.9. The molecule has 130 valence electrons. The Balaban J connectivity index is 0.00000288. The first-order valence-electron chi connectivity index (χ1n) is 7.61. The van der Waals surface area contributed by atoms with E-state index in [1.54, 1.807) is 7.11 Å². The average molecular weight is 460 g/mol. The molecule has 0 saturated carbocycles. The maximum absolute atomic E-state index is 5.90. The molecule has 0 aliphatic carbocycles. The van der Waals surface area contributed by atoms with Gasteiger partial charge in [0.1, 0.15) is 5.75 Å². The Morgan fingerprint density at radius 1 is 1.00 bits per heavy atom. The number of aliphatic imine (C=N–C) groups is 1. The van der Waals surface area contributed by atoms with E-state index in [0.717, 1.165) is 34.4 Å². The van der Waals surface area contributed by atoms with E-state index in [0.29, 0.717) is 13.1 Å². The molecule has 0 heterocycles. The smallest absolute Gasteiger partial charge is 0.191 e. The van der Waals surface area contributed by atoms with Crippen LogP contribution in [-0.4, -0.2) is 19.6 Å². The third-order valence-electron chi connectivity index (χ3n) is 3.30. The van der Waals surface area contributed by atoms with Gasteiger partial charge >= 0.3 is 0 Å². The highest BCUT2D eigenvalue weighted by Crippen LogP contribution is 2.12. The number of benzene rings is 2. The van der Waals surface area contributed by atoms with E-state index >= 15 is 0 Å². The number of methoxy groups -OCH3 is 1. The van der Waals surface area contributed by atoms with Crippen molar-refractivity contribution >= 4 is 41.5 Å². The summed E-state index contributed by atoms with van der Waals surface area (Å²) in [6, 6.07) is 15.7. The second kappa shape index (κ2) is 11.1. The van der Waals surface area contributed by atoms with Gasteiger partial charge in [0, 0.05) is 18.1 Å². The van der Waals surface area contributed by atoms with Crippen LogP contribution in [0.5, 0.6) is 5.75 Å². The standard InChI is InChI=1S/C18H22ClN3O.HI/c1-3-20-18(21-12-14-4-8-16(19)9-5-14)22-13-15-6-10-17(23-2)11-7-15;/h4-11H,3,12-13H2,1-2H3,(H2,20,21,22);1H. The van der Waals surface area contributed by atoms with Crippen LogP contribution in [0.4, 0.5) is 0 Å². The molecule has 0 amide bonds. The van der Waals surface area contributed by atoms with Crippen molar-refractivity contribution in [2.24, 2.45) is 4.99 Å². The highest BCUT2D eigenvalue weighted by molar-refractivity contribution is 14.0. The Hall–Kier alpha value is -1.47. The molecule has 4 nitrogen and oxygen atoms in total. The van der Waals surface area contributed by atoms with E-state index in [4.69, 9.17) is 16.3 Å². The maximum atomic E-state index is 5.90. The lowest BCUT2D eigenvalue weighted by Crippen LogP contribution is -2.36. The summed E-state index contributed by atoms with van der Waals surface area (Å²) in [4.78, 5) is 4.60. The van der Waals surface area contributed by atoms with Gasteiger partial charge in [-0.3, -0.25) is 0 Å². The molecule has 0 aromatic heterocycles. The van der Waals surface area contributed by atoms with Crippen molar-refractivity contribution in [1.82, 2.24) is 10.6 Å². The zero-order valence-corrected chi connectivity index (χ0v) is 17.0. The summed E-state index contributed by atoms with van der Waals surface area (Å²) in [6.45, 7) is 4.17. The first kappa shape index (κ1) is 20.6. The van der Waals surface area contributed by atoms with Crippen molar-refractivity contribution in [3.05, 3.63) is 64.7 Å². The van der Waals surface area contributed by atoms with Crippen LogP contribution in [-0.2, 0) is 13.1 Å². The van der Waals surface area contributed by atoms with Gasteiger partial charge in [-0.1, -0.05) is 35.9 Å². The van der Waals surface area contributed by atoms with Gasteiger partial charge in [0.05, 0.1) is 13.7 Å². The quantitative estimate of drug-likeness (QED) is 0.386. The van der Waals surface area contributed by atoms with Gasteiger partial charge in [0.2, 0.25) is 0 Å². The van der Waals surface area contributed by atoms with Crippen LogP contribution in [0.1, 0.15) is 18.1 Å². The monoisotopic (exact) mass is 459 g/mol. The number of guanidine groups is 1. The summed E-state index contributed by atoms with van der Waals surface area (Å²) < 4.78 is 5.16. The van der Waals surface area contributed by atoms with Gasteiger partial charge in [-0.2, -0.15) is 0 Å². The molecule has 0 aliphatic rings. The molecule has 6 heteroatoms. The fourth-order valence-electron chi connectivity index (χ4n) is 2.03. The first-order valence-corrected chi connectivity index (χ1v) is 7.98. The molecular formula is C18H23ClIN3O. The highest BCUT2D eigenvalue weighted by atomic mass is 127. The minimum atomic E-state index is 0. The second-order valence-corrected chi connectivity index (χ2v) is 5.46. The molecule has 0 radical (unpaired) electrons. The van der Waals surface area contributed by atoms with E-state index < -0.39 is 0 Å². The van der Waals surface area contributed by atoms with Crippen LogP contribution >= 0.6 is 35.6 Å². The lowest BCUT2D eigenvalue weighted by molar-refractivity contribution is 0.414. The molecule has 2 rings (SSSR count). The number of nitrogens with zero attached hydrogens (tertiary/aromatic N) is 1. The Kier molecular flexibility index (Phi) is 9.56. The summed E-state index contributed by atoms with van der Waals surface area (Å²) in [6.07, 6.45) is 0. The van der Waals surface area contributed by atoms with Gasteiger partial charge in [-0.25, -0.2) is 4.99 Å². The molecule has 0 atom stereocenters. The van der Waals surface area contributed by atoms with Crippen LogP contribution < -0.4 is 15.4 Å². The van der Waals surface area contributed by atoms with Crippen molar-refractivity contribution in [2.45, 2.75) is 20.0 Å². The van der Waals surface area contributed by atoms with Gasteiger partial charge in [0.25, 0.3) is 0 Å². The summed E-state index contributed by atoms with van der Waals surface area (Å²) >= 11 is 5.90. The van der Waals surface area contributed by atoms with E-state index in [-0.39, 0.29) is 24.0 Å². The van der Waals surface area contributed by atoms with Gasteiger partial charge in [0.15, 0.2) is 5.96 Å². The van der Waals surface area contributed by atoms with Gasteiger partial charge in [-0.05, 0) is 42.3 Å². The molecule has 0 spiro atoms. The normalized spacial score (nSPS) is 10.7. The summed E-state index contributed by atoms with van der Waals surface area (Å²) in [5.41, 5.74) is 2.29. The average Bonchev–Trinajstić information content (AvgIpc) is 2.59. The van der Waals surface area contributed by atoms with Crippen LogP contribution in [0, 0.1) is 0 Å². The number of hydrogen-bond donors (Lipinski definition) is 2. The summed E-state index contributed by atoms with van der Waals surface area (Å²) in [7, 11) is 1.66. The van der Waals surface area contributed by atoms with Crippen LogP contribution in [0.2, 0.25) is 5.02 Å². The van der Waals surface area contributed by atoms with E-state index in [1.165, 1.54) is 0 Å². The number of halogens is 2. The van der Waals surface area contributed by atoms with Crippen LogP contribution in [0.3, 0.4) is 0 Å². The predicted molar refractivity (Wildman–Crippen MR) is 112 cm³/mol. The molecule has 24 heavy (non-hydrogen) atoms. The number of rotatable bonds is 6. The zero-order chi connectivity index (χ0) is 16.5. The third kappa shape index (κ3) is 6.97. The van der Waals surface area contributed by atoms with E-state index in [2.05, 4.69) is 15.6 Å². The minimum Gasteiger partial charge on any atom is -0.497 e. The molecule has 2 aromatic rings. The topological polar surface area (TPSA) is 45.7 Å². The fraction of sp³-hybridized carbons (Fsp3) is 0.278. The van der Waals surface area contributed by atoms with E-state index in [9.17, 15) is 0 Å². The molecule has 0 bridgehead atoms. The summed E-state index contributed by atoms with van der Waals surface area (Å²) in [5.74, 6) is 1.64. The first-order chi connectivity index (χ1) is 11.2. The Labute approximate surface area is 165 Å². The SMILES string of the molecule is CCNC(=NCc1ccc(OC)cc1)NCc1ccc(Cl)cc1.I. The molecule has 0 fully saturated rings. The fourth-order valence-corrected chi connectivity index (χ4v) is 2.16. The van der Waals surface area contributed by atoms with Crippen LogP contribution in [0.25, 0.3) is 0 Å². The number of nitrogens with one attached hydrogen (secondary N) is 2. The number of ether oxygens (including phenoxy) is 1. The van der Waals surface area contributed by atoms with Crippen molar-refractivity contribution < 1.29 is 4.74 Å². The maximum Gasteiger partial charge on any atom is 0.191 e. The Morgan fingerprint density at radius 3 is 2.21 bits per heavy atom. The molecule has 0 aliphatic heterocycles. The largest absolute Gasteiger partial charge is 0.497 e. The van der Waals surface area contributed by atoms with Gasteiger partial charge in [-0.15, -0.1) is 24.0 Å². The Morgan fingerprint density at radius 2 is 1.62 bits per heavy atom. The molecule has 0 unspecified atom stereocenters. The third-order valence-corrected chi connectivity index (χ3v) is 3.55. The van der Waals surface area contributed by atoms with Crippen molar-refractivity contribution in [2.75, 3.05) is 13.7 Å². The molecule has 0 saturated heterocycles. The molecule has 2 aromatic carbocycles. The lowest BCUT2D eigenvalue weighted by atomic mass is 10.2. The second-order valence-electron chi connectivity index (χ2n) is 5.02. The minimum absolute atomic E-state index is 0. The van der Waals surface area contributed by atoms with Gasteiger partial charge < -0.3 is 15.4 Å².